The number of likely N-dealkylation sites (N-methyl/N-ethyl adjacent to an activating group) is 1. The zero-order valence-corrected chi connectivity index (χ0v) is 9.82. The second-order valence-electron chi connectivity index (χ2n) is 5.15. The Bertz CT molecular complexity index is 204. The molecule has 3 unspecified atom stereocenters. The first-order chi connectivity index (χ1) is 7.16. The number of aliphatic hydroxyl groups is 1. The lowest BCUT2D eigenvalue weighted by Gasteiger charge is -2.31. The fourth-order valence-corrected chi connectivity index (χ4v) is 2.89. The van der Waals surface area contributed by atoms with Crippen molar-refractivity contribution in [2.45, 2.75) is 31.0 Å². The average molecular weight is 213 g/mol. The highest BCUT2D eigenvalue weighted by Gasteiger charge is 2.36. The van der Waals surface area contributed by atoms with Gasteiger partial charge in [0.25, 0.3) is 0 Å². The molecule has 0 aromatic rings. The van der Waals surface area contributed by atoms with Crippen molar-refractivity contribution < 1.29 is 5.11 Å². The molecule has 0 spiro atoms. The van der Waals surface area contributed by atoms with Crippen LogP contribution in [0.2, 0.25) is 0 Å². The minimum absolute atomic E-state index is 0.115. The third-order valence-electron chi connectivity index (χ3n) is 3.51. The summed E-state index contributed by atoms with van der Waals surface area (Å²) >= 11 is 0. The van der Waals surface area contributed by atoms with Gasteiger partial charge in [-0.15, -0.1) is 0 Å². The lowest BCUT2D eigenvalue weighted by Crippen LogP contribution is -2.44. The first-order valence-electron chi connectivity index (χ1n) is 5.96. The first kappa shape index (κ1) is 11.3. The van der Waals surface area contributed by atoms with E-state index in [4.69, 9.17) is 0 Å². The Hall–Kier alpha value is -0.160. The summed E-state index contributed by atoms with van der Waals surface area (Å²) in [6, 6.07) is 1.19. The van der Waals surface area contributed by atoms with Crippen LogP contribution in [-0.2, 0) is 0 Å². The number of likely N-dealkylation sites (tertiary alicyclic amines) is 1. The van der Waals surface area contributed by atoms with Gasteiger partial charge in [0.05, 0.1) is 6.10 Å². The third-order valence-corrected chi connectivity index (χ3v) is 3.51. The molecular weight excluding hydrogens is 190 g/mol. The van der Waals surface area contributed by atoms with Crippen molar-refractivity contribution in [1.29, 1.82) is 0 Å². The highest BCUT2D eigenvalue weighted by molar-refractivity contribution is 4.93. The van der Waals surface area contributed by atoms with E-state index in [-0.39, 0.29) is 6.10 Å². The fraction of sp³-hybridized carbons (Fsp3) is 1.00. The third kappa shape index (κ3) is 2.69. The summed E-state index contributed by atoms with van der Waals surface area (Å²) < 4.78 is 0. The van der Waals surface area contributed by atoms with Gasteiger partial charge in [0.2, 0.25) is 0 Å². The van der Waals surface area contributed by atoms with Crippen LogP contribution in [0.25, 0.3) is 0 Å². The van der Waals surface area contributed by atoms with E-state index >= 15 is 0 Å². The molecule has 0 amide bonds. The van der Waals surface area contributed by atoms with Gasteiger partial charge in [-0.2, -0.15) is 0 Å². The van der Waals surface area contributed by atoms with Crippen LogP contribution in [0.3, 0.4) is 0 Å². The van der Waals surface area contributed by atoms with E-state index in [1.807, 2.05) is 0 Å². The molecular formula is C11H23N3O. The van der Waals surface area contributed by atoms with E-state index in [2.05, 4.69) is 29.2 Å². The molecule has 2 N–H and O–H groups in total. The molecule has 2 heterocycles. The predicted octanol–water partition coefficient (Wildman–Crippen LogP) is -0.655. The molecule has 2 aliphatic rings. The van der Waals surface area contributed by atoms with Gasteiger partial charge in [0.1, 0.15) is 0 Å². The summed E-state index contributed by atoms with van der Waals surface area (Å²) in [5.74, 6) is 0. The molecule has 2 rings (SSSR count). The highest BCUT2D eigenvalue weighted by atomic mass is 16.3. The number of nitrogens with zero attached hydrogens (tertiary/aromatic N) is 2. The van der Waals surface area contributed by atoms with Gasteiger partial charge in [0.15, 0.2) is 0 Å². The summed E-state index contributed by atoms with van der Waals surface area (Å²) in [5, 5.41) is 13.2. The number of rotatable bonds is 3. The van der Waals surface area contributed by atoms with Crippen LogP contribution in [0.1, 0.15) is 12.8 Å². The zero-order valence-electron chi connectivity index (χ0n) is 9.82. The molecule has 0 radical (unpaired) electrons. The molecule has 2 fully saturated rings. The van der Waals surface area contributed by atoms with Crippen LogP contribution >= 0.6 is 0 Å². The van der Waals surface area contributed by atoms with Gasteiger partial charge in [0, 0.05) is 31.7 Å². The van der Waals surface area contributed by atoms with Crippen LogP contribution < -0.4 is 5.32 Å². The van der Waals surface area contributed by atoms with Crippen LogP contribution in [0.4, 0.5) is 0 Å². The number of hydrogen-bond donors (Lipinski definition) is 2. The number of nitrogens with one attached hydrogen (secondary N) is 1. The molecule has 0 aromatic heterocycles. The topological polar surface area (TPSA) is 38.7 Å². The van der Waals surface area contributed by atoms with Gasteiger partial charge in [-0.3, -0.25) is 4.90 Å². The standard InChI is InChI=1S/C11H23N3O/c1-13(2)7-10-5-11(15)8-14(10)9-3-4-12-6-9/h9-12,15H,3-8H2,1-2H3. The zero-order chi connectivity index (χ0) is 10.8. The molecule has 2 saturated heterocycles. The predicted molar refractivity (Wildman–Crippen MR) is 60.9 cm³/mol. The molecule has 0 aliphatic carbocycles. The largest absolute Gasteiger partial charge is 0.392 e. The number of hydrogen-bond acceptors (Lipinski definition) is 4. The second-order valence-corrected chi connectivity index (χ2v) is 5.15. The molecule has 3 atom stereocenters. The SMILES string of the molecule is CN(C)CC1CC(O)CN1C1CCNC1. The molecule has 0 saturated carbocycles. The molecule has 15 heavy (non-hydrogen) atoms. The van der Waals surface area contributed by atoms with Gasteiger partial charge in [-0.1, -0.05) is 0 Å². The lowest BCUT2D eigenvalue weighted by molar-refractivity contribution is 0.143. The van der Waals surface area contributed by atoms with E-state index in [0.29, 0.717) is 12.1 Å². The van der Waals surface area contributed by atoms with E-state index in [1.165, 1.54) is 6.42 Å². The van der Waals surface area contributed by atoms with Gasteiger partial charge in [-0.25, -0.2) is 0 Å². The Morgan fingerprint density at radius 2 is 2.27 bits per heavy atom. The monoisotopic (exact) mass is 213 g/mol. The number of β-amino-alcohol motifs (C(OH)–C–C–N with tert-alkyl or cyclic N) is 1. The van der Waals surface area contributed by atoms with E-state index in [0.717, 1.165) is 32.6 Å². The number of aliphatic hydroxyl groups excluding tert-OH is 1. The van der Waals surface area contributed by atoms with Crippen molar-refractivity contribution in [2.24, 2.45) is 0 Å². The Morgan fingerprint density at radius 3 is 2.87 bits per heavy atom. The van der Waals surface area contributed by atoms with Crippen LogP contribution in [0.15, 0.2) is 0 Å². The minimum atomic E-state index is -0.115. The van der Waals surface area contributed by atoms with Crippen LogP contribution in [-0.4, -0.2) is 73.4 Å². The first-order valence-corrected chi connectivity index (χ1v) is 5.96. The Labute approximate surface area is 92.2 Å². The molecule has 0 aromatic carbocycles. The Kier molecular flexibility index (Phi) is 3.61. The maximum atomic E-state index is 9.76. The van der Waals surface area contributed by atoms with Crippen molar-refractivity contribution in [3.8, 4) is 0 Å². The average Bonchev–Trinajstić information content (AvgIpc) is 2.72. The Balaban J connectivity index is 1.94. The van der Waals surface area contributed by atoms with Crippen LogP contribution in [0.5, 0.6) is 0 Å². The summed E-state index contributed by atoms with van der Waals surface area (Å²) in [4.78, 5) is 4.72. The fourth-order valence-electron chi connectivity index (χ4n) is 2.89. The van der Waals surface area contributed by atoms with Gasteiger partial charge in [-0.05, 0) is 33.5 Å². The van der Waals surface area contributed by atoms with E-state index < -0.39 is 0 Å². The highest BCUT2D eigenvalue weighted by Crippen LogP contribution is 2.23. The second kappa shape index (κ2) is 4.78. The molecule has 4 nitrogen and oxygen atoms in total. The van der Waals surface area contributed by atoms with E-state index in [1.54, 1.807) is 0 Å². The van der Waals surface area contributed by atoms with E-state index in [9.17, 15) is 5.11 Å². The summed E-state index contributed by atoms with van der Waals surface area (Å²) in [5.41, 5.74) is 0. The minimum Gasteiger partial charge on any atom is -0.392 e. The van der Waals surface area contributed by atoms with Crippen molar-refractivity contribution in [1.82, 2.24) is 15.1 Å². The smallest absolute Gasteiger partial charge is 0.0682 e. The van der Waals surface area contributed by atoms with Gasteiger partial charge < -0.3 is 15.3 Å². The maximum Gasteiger partial charge on any atom is 0.0682 e. The van der Waals surface area contributed by atoms with Crippen LogP contribution in [0, 0.1) is 0 Å². The molecule has 0 bridgehead atoms. The summed E-state index contributed by atoms with van der Waals surface area (Å²) in [6.07, 6.45) is 2.06. The molecule has 2 aliphatic heterocycles. The molecule has 88 valence electrons. The lowest BCUT2D eigenvalue weighted by atomic mass is 10.1. The quantitative estimate of drug-likeness (QED) is 0.653. The van der Waals surface area contributed by atoms with Crippen molar-refractivity contribution in [3.63, 3.8) is 0 Å². The van der Waals surface area contributed by atoms with Gasteiger partial charge >= 0.3 is 0 Å². The molecule has 4 heteroatoms. The van der Waals surface area contributed by atoms with Crippen molar-refractivity contribution in [2.75, 3.05) is 40.3 Å². The maximum absolute atomic E-state index is 9.76. The normalized spacial score (nSPS) is 38.0. The van der Waals surface area contributed by atoms with Crippen molar-refractivity contribution in [3.05, 3.63) is 0 Å². The van der Waals surface area contributed by atoms with Crippen molar-refractivity contribution >= 4 is 0 Å². The summed E-state index contributed by atoms with van der Waals surface area (Å²) in [7, 11) is 4.21. The Morgan fingerprint density at radius 1 is 1.47 bits per heavy atom. The summed E-state index contributed by atoms with van der Waals surface area (Å²) in [6.45, 7) is 4.15.